The Labute approximate surface area is 150 Å². The summed E-state index contributed by atoms with van der Waals surface area (Å²) in [7, 11) is 1.55. The molecule has 0 radical (unpaired) electrons. The minimum absolute atomic E-state index is 0.0942. The Hall–Kier alpha value is -2.96. The second-order valence-electron chi connectivity index (χ2n) is 6.90. The van der Waals surface area contributed by atoms with Crippen molar-refractivity contribution in [2.24, 2.45) is 0 Å². The lowest BCUT2D eigenvalue weighted by molar-refractivity contribution is -0.121. The summed E-state index contributed by atoms with van der Waals surface area (Å²) in [6, 6.07) is 6.04. The van der Waals surface area contributed by atoms with E-state index in [1.165, 1.54) is 4.68 Å². The van der Waals surface area contributed by atoms with Gasteiger partial charge < -0.3 is 5.32 Å². The van der Waals surface area contributed by atoms with Crippen molar-refractivity contribution in [1.82, 2.24) is 24.9 Å². The van der Waals surface area contributed by atoms with Gasteiger partial charge in [-0.1, -0.05) is 17.7 Å². The maximum atomic E-state index is 13.1. The Balaban J connectivity index is 1.98. The highest BCUT2D eigenvalue weighted by Crippen LogP contribution is 2.41. The highest BCUT2D eigenvalue weighted by atomic mass is 16.2. The molecular weight excluding hydrogens is 330 g/mol. The van der Waals surface area contributed by atoms with Crippen molar-refractivity contribution in [1.29, 1.82) is 0 Å². The lowest BCUT2D eigenvalue weighted by Crippen LogP contribution is -2.33. The minimum atomic E-state index is -0.300. The molecule has 1 aliphatic rings. The molecule has 2 heterocycles. The van der Waals surface area contributed by atoms with E-state index in [0.29, 0.717) is 11.4 Å². The van der Waals surface area contributed by atoms with Crippen molar-refractivity contribution in [3.63, 3.8) is 0 Å². The van der Waals surface area contributed by atoms with Gasteiger partial charge >= 0.3 is 0 Å². The zero-order valence-electron chi connectivity index (χ0n) is 15.1. The average molecular weight is 351 g/mol. The van der Waals surface area contributed by atoms with Gasteiger partial charge in [0.25, 0.3) is 5.56 Å². The zero-order chi connectivity index (χ0) is 18.4. The summed E-state index contributed by atoms with van der Waals surface area (Å²) >= 11 is 0. The van der Waals surface area contributed by atoms with Crippen LogP contribution in [0.2, 0.25) is 0 Å². The maximum absolute atomic E-state index is 13.1. The molecule has 1 fully saturated rings. The van der Waals surface area contributed by atoms with Gasteiger partial charge in [-0.05, 0) is 38.3 Å². The molecule has 1 aliphatic carbocycles. The molecule has 4 rings (SSSR count). The highest BCUT2D eigenvalue weighted by molar-refractivity contribution is 5.83. The van der Waals surface area contributed by atoms with Crippen LogP contribution in [0, 0.1) is 13.8 Å². The van der Waals surface area contributed by atoms with Crippen molar-refractivity contribution in [3.05, 3.63) is 51.6 Å². The van der Waals surface area contributed by atoms with Crippen LogP contribution in [0.25, 0.3) is 16.6 Å². The number of nitrogens with zero attached hydrogens (tertiary/aromatic N) is 4. The van der Waals surface area contributed by atoms with Crippen LogP contribution in [0.1, 0.15) is 35.6 Å². The van der Waals surface area contributed by atoms with E-state index in [1.807, 2.05) is 26.0 Å². The normalized spacial score (nSPS) is 14.0. The van der Waals surface area contributed by atoms with Crippen LogP contribution in [-0.2, 0) is 11.3 Å². The van der Waals surface area contributed by atoms with E-state index in [9.17, 15) is 9.59 Å². The van der Waals surface area contributed by atoms with E-state index >= 15 is 0 Å². The number of hydrogen-bond acceptors (Lipinski definition) is 4. The molecule has 1 aromatic carbocycles. The van der Waals surface area contributed by atoms with Crippen molar-refractivity contribution in [2.75, 3.05) is 7.05 Å². The van der Waals surface area contributed by atoms with E-state index in [4.69, 9.17) is 0 Å². The molecule has 0 unspecified atom stereocenters. The molecule has 2 aromatic heterocycles. The smallest absolute Gasteiger partial charge is 0.293 e. The molecule has 0 saturated heterocycles. The summed E-state index contributed by atoms with van der Waals surface area (Å²) in [5, 5.41) is 12.3. The molecule has 1 saturated carbocycles. The summed E-state index contributed by atoms with van der Waals surface area (Å²) in [5.74, 6) is 0.0871. The quantitative estimate of drug-likeness (QED) is 0.777. The molecule has 7 nitrogen and oxygen atoms in total. The van der Waals surface area contributed by atoms with Gasteiger partial charge in [0.05, 0.1) is 17.6 Å². The maximum Gasteiger partial charge on any atom is 0.293 e. The topological polar surface area (TPSA) is 81.8 Å². The molecular formula is C19H21N5O2. The third-order valence-electron chi connectivity index (χ3n) is 4.83. The standard InChI is InChI=1S/C19H21N5O2/c1-11-4-7-15(12(2)8-11)24-18-14(9-21-24)17(13-5-6-13)22-23(19(18)26)10-16(25)20-3/h4,7-9,13H,5-6,10H2,1-3H3,(H,20,25). The fourth-order valence-corrected chi connectivity index (χ4v) is 3.30. The summed E-state index contributed by atoms with van der Waals surface area (Å²) < 4.78 is 2.94. The molecule has 26 heavy (non-hydrogen) atoms. The number of benzene rings is 1. The molecule has 134 valence electrons. The number of nitrogens with one attached hydrogen (secondary N) is 1. The van der Waals surface area contributed by atoms with Crippen LogP contribution in [0.3, 0.4) is 0 Å². The molecule has 0 spiro atoms. The van der Waals surface area contributed by atoms with Crippen molar-refractivity contribution >= 4 is 16.8 Å². The first-order valence-corrected chi connectivity index (χ1v) is 8.76. The molecule has 3 aromatic rings. The molecule has 0 aliphatic heterocycles. The van der Waals surface area contributed by atoms with Crippen LogP contribution in [-0.4, -0.2) is 32.5 Å². The van der Waals surface area contributed by atoms with Gasteiger partial charge in [0.2, 0.25) is 5.91 Å². The van der Waals surface area contributed by atoms with Crippen LogP contribution in [0.15, 0.2) is 29.2 Å². The first kappa shape index (κ1) is 16.5. The highest BCUT2D eigenvalue weighted by Gasteiger charge is 2.30. The van der Waals surface area contributed by atoms with Gasteiger partial charge in [-0.2, -0.15) is 10.2 Å². The number of fused-ring (bicyclic) bond motifs is 1. The number of carbonyl (C=O) groups excluding carboxylic acids is 1. The van der Waals surface area contributed by atoms with Gasteiger partial charge in [-0.3, -0.25) is 9.59 Å². The Kier molecular flexibility index (Phi) is 3.86. The first-order valence-electron chi connectivity index (χ1n) is 8.76. The molecule has 0 bridgehead atoms. The number of hydrogen-bond donors (Lipinski definition) is 1. The van der Waals surface area contributed by atoms with Gasteiger partial charge in [0.15, 0.2) is 0 Å². The number of likely N-dealkylation sites (N-methyl/N-ethyl adjacent to an activating group) is 1. The van der Waals surface area contributed by atoms with E-state index in [1.54, 1.807) is 17.9 Å². The minimum Gasteiger partial charge on any atom is -0.358 e. The second-order valence-corrected chi connectivity index (χ2v) is 6.90. The van der Waals surface area contributed by atoms with Crippen molar-refractivity contribution < 1.29 is 4.79 Å². The Bertz CT molecular complexity index is 1080. The van der Waals surface area contributed by atoms with Crippen LogP contribution < -0.4 is 10.9 Å². The van der Waals surface area contributed by atoms with Crippen LogP contribution in [0.5, 0.6) is 0 Å². The molecule has 0 atom stereocenters. The van der Waals surface area contributed by atoms with E-state index in [2.05, 4.69) is 21.6 Å². The Morgan fingerprint density at radius 2 is 2.08 bits per heavy atom. The van der Waals surface area contributed by atoms with Crippen LogP contribution >= 0.6 is 0 Å². The third-order valence-corrected chi connectivity index (χ3v) is 4.83. The summed E-state index contributed by atoms with van der Waals surface area (Å²) in [6.45, 7) is 3.94. The number of aromatic nitrogens is 4. The van der Waals surface area contributed by atoms with Gasteiger partial charge in [0, 0.05) is 18.4 Å². The van der Waals surface area contributed by atoms with Gasteiger partial charge in [-0.15, -0.1) is 0 Å². The van der Waals surface area contributed by atoms with E-state index in [-0.39, 0.29) is 18.0 Å². The molecule has 1 N–H and O–H groups in total. The SMILES string of the molecule is CNC(=O)Cn1nc(C2CC2)c2cnn(-c3ccc(C)cc3C)c2c1=O. The van der Waals surface area contributed by atoms with Gasteiger partial charge in [-0.25, -0.2) is 9.36 Å². The lowest BCUT2D eigenvalue weighted by atomic mass is 10.1. The summed E-state index contributed by atoms with van der Waals surface area (Å²) in [5.41, 5.74) is 4.10. The predicted octanol–water partition coefficient (Wildman–Crippen LogP) is 1.82. The number of carbonyl (C=O) groups is 1. The fourth-order valence-electron chi connectivity index (χ4n) is 3.30. The fraction of sp³-hybridized carbons (Fsp3) is 0.368. The number of aryl methyl sites for hydroxylation is 2. The molecule has 7 heteroatoms. The third kappa shape index (κ3) is 2.69. The zero-order valence-corrected chi connectivity index (χ0v) is 15.1. The molecule has 1 amide bonds. The monoisotopic (exact) mass is 351 g/mol. The lowest BCUT2D eigenvalue weighted by Gasteiger charge is -2.11. The van der Waals surface area contributed by atoms with E-state index < -0.39 is 0 Å². The Morgan fingerprint density at radius 3 is 2.73 bits per heavy atom. The number of rotatable bonds is 4. The summed E-state index contributed by atoms with van der Waals surface area (Å²) in [6.07, 6.45) is 3.82. The average Bonchev–Trinajstić information content (AvgIpc) is 3.36. The predicted molar refractivity (Wildman–Crippen MR) is 98.6 cm³/mol. The van der Waals surface area contributed by atoms with Gasteiger partial charge in [0.1, 0.15) is 12.1 Å². The first-order chi connectivity index (χ1) is 12.5. The Morgan fingerprint density at radius 1 is 1.31 bits per heavy atom. The van der Waals surface area contributed by atoms with E-state index in [0.717, 1.165) is 40.7 Å². The van der Waals surface area contributed by atoms with Crippen molar-refractivity contribution in [2.45, 2.75) is 39.2 Å². The van der Waals surface area contributed by atoms with Crippen LogP contribution in [0.4, 0.5) is 0 Å². The summed E-state index contributed by atoms with van der Waals surface area (Å²) in [4.78, 5) is 24.9. The largest absolute Gasteiger partial charge is 0.358 e. The second kappa shape index (κ2) is 6.09. The number of amides is 1. The van der Waals surface area contributed by atoms with Crippen molar-refractivity contribution in [3.8, 4) is 5.69 Å².